The number of ether oxygens (including phenoxy) is 1. The monoisotopic (exact) mass is 185 g/mol. The van der Waals surface area contributed by atoms with Crippen molar-refractivity contribution < 1.29 is 9.53 Å². The highest BCUT2D eigenvalue weighted by Crippen LogP contribution is 2.24. The molecule has 0 amide bonds. The highest BCUT2D eigenvalue weighted by Gasteiger charge is 2.29. The molecule has 76 valence electrons. The second kappa shape index (κ2) is 4.61. The Labute approximate surface area is 79.6 Å². The summed E-state index contributed by atoms with van der Waals surface area (Å²) in [4.78, 5) is 11.5. The van der Waals surface area contributed by atoms with Gasteiger partial charge in [-0.3, -0.25) is 4.79 Å². The lowest BCUT2D eigenvalue weighted by atomic mass is 9.85. The van der Waals surface area contributed by atoms with Crippen molar-refractivity contribution in [1.29, 1.82) is 0 Å². The van der Waals surface area contributed by atoms with E-state index in [1.165, 1.54) is 0 Å². The molecule has 0 aromatic carbocycles. The van der Waals surface area contributed by atoms with E-state index in [9.17, 15) is 4.79 Å². The van der Waals surface area contributed by atoms with Crippen molar-refractivity contribution in [3.05, 3.63) is 0 Å². The molecule has 2 atom stereocenters. The molecule has 3 nitrogen and oxygen atoms in total. The van der Waals surface area contributed by atoms with Gasteiger partial charge in [0.1, 0.15) is 0 Å². The van der Waals surface area contributed by atoms with E-state index in [0.717, 1.165) is 25.7 Å². The lowest BCUT2D eigenvalue weighted by molar-refractivity contribution is -0.154. The maximum Gasteiger partial charge on any atom is 0.310 e. The van der Waals surface area contributed by atoms with Gasteiger partial charge in [0.25, 0.3) is 0 Å². The number of hydrogen-bond donors (Lipinski definition) is 1. The molecule has 1 aliphatic rings. The van der Waals surface area contributed by atoms with Crippen molar-refractivity contribution >= 4 is 5.97 Å². The van der Waals surface area contributed by atoms with Crippen LogP contribution in [-0.2, 0) is 9.53 Å². The maximum atomic E-state index is 11.5. The zero-order valence-corrected chi connectivity index (χ0v) is 8.45. The molecule has 0 aromatic heterocycles. The molecule has 1 saturated carbocycles. The zero-order valence-electron chi connectivity index (χ0n) is 8.45. The third kappa shape index (κ3) is 2.99. The number of rotatable bonds is 2. The first-order chi connectivity index (χ1) is 6.11. The van der Waals surface area contributed by atoms with Crippen LogP contribution in [0.5, 0.6) is 0 Å². The van der Waals surface area contributed by atoms with Crippen molar-refractivity contribution in [3.63, 3.8) is 0 Å². The van der Waals surface area contributed by atoms with Crippen LogP contribution in [0.3, 0.4) is 0 Å². The minimum absolute atomic E-state index is 0.0139. The summed E-state index contributed by atoms with van der Waals surface area (Å²) in [5.74, 6) is -0.168. The Bertz CT molecular complexity index is 180. The summed E-state index contributed by atoms with van der Waals surface area (Å²) in [6.45, 7) is 3.73. The third-order valence-corrected chi connectivity index (χ3v) is 2.47. The molecule has 1 aliphatic carbocycles. The summed E-state index contributed by atoms with van der Waals surface area (Å²) >= 11 is 0. The van der Waals surface area contributed by atoms with E-state index in [1.807, 2.05) is 13.8 Å². The molecule has 0 bridgehead atoms. The highest BCUT2D eigenvalue weighted by molar-refractivity contribution is 5.73. The molecule has 0 aromatic rings. The average molecular weight is 185 g/mol. The number of carbonyl (C=O) groups excluding carboxylic acids is 1. The molecular formula is C10H19NO2. The van der Waals surface area contributed by atoms with Gasteiger partial charge in [-0.25, -0.2) is 0 Å². The van der Waals surface area contributed by atoms with Gasteiger partial charge in [0, 0.05) is 6.04 Å². The van der Waals surface area contributed by atoms with Gasteiger partial charge in [0.15, 0.2) is 0 Å². The summed E-state index contributed by atoms with van der Waals surface area (Å²) in [6, 6.07) is 0.0139. The predicted molar refractivity (Wildman–Crippen MR) is 51.2 cm³/mol. The Hall–Kier alpha value is -0.570. The second-order valence-corrected chi connectivity index (χ2v) is 4.04. The van der Waals surface area contributed by atoms with Crippen LogP contribution in [0.1, 0.15) is 39.5 Å². The molecule has 3 heteroatoms. The smallest absolute Gasteiger partial charge is 0.310 e. The summed E-state index contributed by atoms with van der Waals surface area (Å²) in [5, 5.41) is 0. The molecule has 1 rings (SSSR count). The van der Waals surface area contributed by atoms with Gasteiger partial charge >= 0.3 is 5.97 Å². The summed E-state index contributed by atoms with van der Waals surface area (Å²) < 4.78 is 5.14. The summed E-state index contributed by atoms with van der Waals surface area (Å²) in [6.07, 6.45) is 4.07. The second-order valence-electron chi connectivity index (χ2n) is 4.04. The number of esters is 1. The van der Waals surface area contributed by atoms with E-state index in [1.54, 1.807) is 0 Å². The van der Waals surface area contributed by atoms with Crippen molar-refractivity contribution in [2.45, 2.75) is 51.7 Å². The van der Waals surface area contributed by atoms with Crippen molar-refractivity contribution in [1.82, 2.24) is 0 Å². The predicted octanol–water partition coefficient (Wildman–Crippen LogP) is 1.46. The number of carbonyl (C=O) groups is 1. The van der Waals surface area contributed by atoms with Gasteiger partial charge in [0.2, 0.25) is 0 Å². The van der Waals surface area contributed by atoms with E-state index in [2.05, 4.69) is 0 Å². The Balaban J connectivity index is 2.44. The average Bonchev–Trinajstić information content (AvgIpc) is 2.03. The third-order valence-electron chi connectivity index (χ3n) is 2.47. The topological polar surface area (TPSA) is 52.3 Å². The van der Waals surface area contributed by atoms with Gasteiger partial charge in [0.05, 0.1) is 12.0 Å². The molecule has 1 fully saturated rings. The highest BCUT2D eigenvalue weighted by atomic mass is 16.5. The van der Waals surface area contributed by atoms with E-state index < -0.39 is 0 Å². The minimum atomic E-state index is -0.109. The molecule has 0 saturated heterocycles. The van der Waals surface area contributed by atoms with E-state index in [-0.39, 0.29) is 24.0 Å². The standard InChI is InChI=1S/C10H19NO2/c1-7(2)13-10(12)8-5-3-4-6-9(8)11/h7-9H,3-6,11H2,1-2H3. The van der Waals surface area contributed by atoms with E-state index in [0.29, 0.717) is 0 Å². The lowest BCUT2D eigenvalue weighted by Crippen LogP contribution is -2.39. The molecule has 0 heterocycles. The quantitative estimate of drug-likeness (QED) is 0.662. The van der Waals surface area contributed by atoms with Gasteiger partial charge in [-0.15, -0.1) is 0 Å². The molecule has 2 unspecified atom stereocenters. The maximum absolute atomic E-state index is 11.5. The minimum Gasteiger partial charge on any atom is -0.463 e. The van der Waals surface area contributed by atoms with E-state index in [4.69, 9.17) is 10.5 Å². The first-order valence-corrected chi connectivity index (χ1v) is 5.07. The summed E-state index contributed by atoms with van der Waals surface area (Å²) in [7, 11) is 0. The molecule has 0 spiro atoms. The van der Waals surface area contributed by atoms with Gasteiger partial charge in [-0.2, -0.15) is 0 Å². The first-order valence-electron chi connectivity index (χ1n) is 5.07. The largest absolute Gasteiger partial charge is 0.463 e. The zero-order chi connectivity index (χ0) is 9.84. The lowest BCUT2D eigenvalue weighted by Gasteiger charge is -2.27. The fraction of sp³-hybridized carbons (Fsp3) is 0.900. The van der Waals surface area contributed by atoms with Crippen LogP contribution in [0, 0.1) is 5.92 Å². The molecule has 13 heavy (non-hydrogen) atoms. The Morgan fingerprint density at radius 1 is 1.38 bits per heavy atom. The van der Waals surface area contributed by atoms with Crippen LogP contribution in [0.2, 0.25) is 0 Å². The normalized spacial score (nSPS) is 28.9. The van der Waals surface area contributed by atoms with E-state index >= 15 is 0 Å². The van der Waals surface area contributed by atoms with Gasteiger partial charge < -0.3 is 10.5 Å². The fourth-order valence-electron chi connectivity index (χ4n) is 1.77. The van der Waals surface area contributed by atoms with Crippen molar-refractivity contribution in [3.8, 4) is 0 Å². The van der Waals surface area contributed by atoms with Crippen LogP contribution in [-0.4, -0.2) is 18.1 Å². The van der Waals surface area contributed by atoms with Crippen LogP contribution in [0.25, 0.3) is 0 Å². The number of hydrogen-bond acceptors (Lipinski definition) is 3. The Morgan fingerprint density at radius 2 is 2.00 bits per heavy atom. The molecular weight excluding hydrogens is 166 g/mol. The number of nitrogens with two attached hydrogens (primary N) is 1. The first kappa shape index (κ1) is 10.5. The van der Waals surface area contributed by atoms with Crippen LogP contribution < -0.4 is 5.73 Å². The molecule has 2 N–H and O–H groups in total. The SMILES string of the molecule is CC(C)OC(=O)C1CCCCC1N. The van der Waals surface area contributed by atoms with Crippen LogP contribution >= 0.6 is 0 Å². The van der Waals surface area contributed by atoms with Crippen molar-refractivity contribution in [2.24, 2.45) is 11.7 Å². The molecule has 0 radical (unpaired) electrons. The fourth-order valence-corrected chi connectivity index (χ4v) is 1.77. The van der Waals surface area contributed by atoms with Crippen LogP contribution in [0.4, 0.5) is 0 Å². The molecule has 0 aliphatic heterocycles. The van der Waals surface area contributed by atoms with Gasteiger partial charge in [-0.05, 0) is 26.7 Å². The van der Waals surface area contributed by atoms with Gasteiger partial charge in [-0.1, -0.05) is 12.8 Å². The summed E-state index contributed by atoms with van der Waals surface area (Å²) in [5.41, 5.74) is 5.85. The van der Waals surface area contributed by atoms with Crippen molar-refractivity contribution in [2.75, 3.05) is 0 Å². The Morgan fingerprint density at radius 3 is 2.54 bits per heavy atom. The Kier molecular flexibility index (Phi) is 3.72. The van der Waals surface area contributed by atoms with Crippen LogP contribution in [0.15, 0.2) is 0 Å².